The highest BCUT2D eigenvalue weighted by Gasteiger charge is 2.11. The number of hydrogen-bond donors (Lipinski definition) is 0. The number of nitrogens with zero attached hydrogens (tertiary/aromatic N) is 1. The molecule has 3 aromatic rings. The molecule has 2 aromatic carbocycles. The third-order valence-electron chi connectivity index (χ3n) is 2.98. The average molecular weight is 331 g/mol. The summed E-state index contributed by atoms with van der Waals surface area (Å²) in [5.41, 5.74) is 0.126. The molecule has 0 fully saturated rings. The van der Waals surface area contributed by atoms with Gasteiger partial charge in [0.1, 0.15) is 0 Å². The van der Waals surface area contributed by atoms with E-state index in [1.807, 2.05) is 26.0 Å². The first-order chi connectivity index (χ1) is 10.6. The quantitative estimate of drug-likeness (QED) is 0.418. The summed E-state index contributed by atoms with van der Waals surface area (Å²) in [6.45, 7) is 6.11. The summed E-state index contributed by atoms with van der Waals surface area (Å²) in [6.07, 6.45) is 0. The summed E-state index contributed by atoms with van der Waals surface area (Å²) in [7, 11) is 0. The molecule has 0 unspecified atom stereocenters. The van der Waals surface area contributed by atoms with E-state index in [1.54, 1.807) is 47.4 Å². The predicted molar refractivity (Wildman–Crippen MR) is 95.1 cm³/mol. The molecule has 0 radical (unpaired) electrons. The minimum Gasteiger partial charge on any atom is -0.258 e. The second kappa shape index (κ2) is 7.42. The number of rotatable bonds is 3. The molecule has 3 nitrogen and oxygen atoms in total. The molecule has 0 aliphatic heterocycles. The molecule has 5 heteroatoms. The molecule has 0 saturated heterocycles. The average Bonchev–Trinajstić information content (AvgIpc) is 2.86. The largest absolute Gasteiger partial charge is 0.269 e. The van der Waals surface area contributed by atoms with Gasteiger partial charge in [-0.3, -0.25) is 10.1 Å². The summed E-state index contributed by atoms with van der Waals surface area (Å²) >= 11 is 3.44. The van der Waals surface area contributed by atoms with Crippen molar-refractivity contribution in [3.05, 3.63) is 63.5 Å². The third-order valence-corrected chi connectivity index (χ3v) is 5.44. The molecule has 114 valence electrons. The Balaban J connectivity index is 0.000000847. The highest BCUT2D eigenvalue weighted by molar-refractivity contribution is 7.99. The number of nitro benzene ring substituents is 1. The maximum absolute atomic E-state index is 10.7. The zero-order valence-corrected chi connectivity index (χ0v) is 14.3. The van der Waals surface area contributed by atoms with Gasteiger partial charge in [0.25, 0.3) is 5.69 Å². The summed E-state index contributed by atoms with van der Waals surface area (Å²) in [6, 6.07) is 15.0. The maximum Gasteiger partial charge on any atom is 0.269 e. The normalized spacial score (nSPS) is 10.1. The van der Waals surface area contributed by atoms with Crippen LogP contribution in [-0.4, -0.2) is 4.92 Å². The zero-order chi connectivity index (χ0) is 16.1. The van der Waals surface area contributed by atoms with Crippen molar-refractivity contribution >= 4 is 38.9 Å². The van der Waals surface area contributed by atoms with Gasteiger partial charge in [-0.2, -0.15) is 0 Å². The van der Waals surface area contributed by atoms with E-state index in [0.717, 1.165) is 4.90 Å². The van der Waals surface area contributed by atoms with E-state index in [0.29, 0.717) is 0 Å². The van der Waals surface area contributed by atoms with Crippen LogP contribution in [0.4, 0.5) is 5.69 Å². The van der Waals surface area contributed by atoms with Gasteiger partial charge in [-0.05, 0) is 25.1 Å². The van der Waals surface area contributed by atoms with Crippen LogP contribution in [0.3, 0.4) is 0 Å². The van der Waals surface area contributed by atoms with Crippen LogP contribution in [0.15, 0.2) is 58.3 Å². The molecular formula is C17H17NO2S2. The Morgan fingerprint density at radius 2 is 1.68 bits per heavy atom. The highest BCUT2D eigenvalue weighted by atomic mass is 32.2. The molecule has 0 aliphatic carbocycles. The van der Waals surface area contributed by atoms with Gasteiger partial charge >= 0.3 is 0 Å². The van der Waals surface area contributed by atoms with Crippen molar-refractivity contribution in [2.75, 3.05) is 0 Å². The lowest BCUT2D eigenvalue weighted by Crippen LogP contribution is -1.86. The highest BCUT2D eigenvalue weighted by Crippen LogP contribution is 2.41. The summed E-state index contributed by atoms with van der Waals surface area (Å²) in [4.78, 5) is 13.8. The number of thiophene rings is 1. The second-order valence-electron chi connectivity index (χ2n) is 4.34. The number of nitro groups is 1. The Labute approximate surface area is 138 Å². The Hall–Kier alpha value is -1.85. The molecule has 22 heavy (non-hydrogen) atoms. The van der Waals surface area contributed by atoms with Crippen LogP contribution in [-0.2, 0) is 0 Å². The van der Waals surface area contributed by atoms with Crippen molar-refractivity contribution < 1.29 is 4.92 Å². The van der Waals surface area contributed by atoms with Gasteiger partial charge in [-0.15, -0.1) is 11.3 Å². The van der Waals surface area contributed by atoms with Crippen molar-refractivity contribution in [2.24, 2.45) is 0 Å². The van der Waals surface area contributed by atoms with Gasteiger partial charge in [0.15, 0.2) is 0 Å². The zero-order valence-electron chi connectivity index (χ0n) is 12.7. The molecule has 3 rings (SSSR count). The summed E-state index contributed by atoms with van der Waals surface area (Å²) in [5.74, 6) is 0. The van der Waals surface area contributed by atoms with Crippen LogP contribution in [0.1, 0.15) is 18.7 Å². The lowest BCUT2D eigenvalue weighted by atomic mass is 10.2. The van der Waals surface area contributed by atoms with E-state index in [9.17, 15) is 10.1 Å². The minimum absolute atomic E-state index is 0.126. The van der Waals surface area contributed by atoms with Crippen molar-refractivity contribution in [2.45, 2.75) is 30.6 Å². The number of hydrogen-bond acceptors (Lipinski definition) is 4. The molecule has 1 heterocycles. The third kappa shape index (κ3) is 3.48. The van der Waals surface area contributed by atoms with Gasteiger partial charge in [-0.25, -0.2) is 0 Å². The Morgan fingerprint density at radius 1 is 1.05 bits per heavy atom. The number of aryl methyl sites for hydroxylation is 1. The summed E-state index contributed by atoms with van der Waals surface area (Å²) in [5, 5.41) is 11.9. The monoisotopic (exact) mass is 331 g/mol. The Bertz CT molecular complexity index is 779. The van der Waals surface area contributed by atoms with Gasteiger partial charge in [-0.1, -0.05) is 43.8 Å². The molecule has 0 spiro atoms. The molecule has 0 aliphatic rings. The molecule has 0 saturated carbocycles. The van der Waals surface area contributed by atoms with Gasteiger partial charge in [0.05, 0.1) is 4.92 Å². The first-order valence-electron chi connectivity index (χ1n) is 7.05. The molecule has 0 N–H and O–H groups in total. The first kappa shape index (κ1) is 16.5. The number of fused-ring (bicyclic) bond motifs is 1. The fraction of sp³-hybridized carbons (Fsp3) is 0.176. The lowest BCUT2D eigenvalue weighted by molar-refractivity contribution is -0.384. The first-order valence-corrected chi connectivity index (χ1v) is 8.69. The Morgan fingerprint density at radius 3 is 2.32 bits per heavy atom. The summed E-state index contributed by atoms with van der Waals surface area (Å²) < 4.78 is 1.27. The molecule has 0 amide bonds. The smallest absolute Gasteiger partial charge is 0.258 e. The number of non-ortho nitro benzene ring substituents is 1. The standard InChI is InChI=1S/C15H11NO2S2.C2H6/c1-10-15(13-4-2-3-5-14(13)19-10)20-12-8-6-11(7-9-12)16(17)18;1-2/h2-9H,1H3;1-2H3. The van der Waals surface area contributed by atoms with E-state index >= 15 is 0 Å². The molecule has 0 bridgehead atoms. The fourth-order valence-electron chi connectivity index (χ4n) is 2.02. The van der Waals surface area contributed by atoms with Crippen LogP contribution in [0.5, 0.6) is 0 Å². The maximum atomic E-state index is 10.7. The van der Waals surface area contributed by atoms with Crippen molar-refractivity contribution in [1.29, 1.82) is 0 Å². The van der Waals surface area contributed by atoms with Crippen LogP contribution in [0.25, 0.3) is 10.1 Å². The van der Waals surface area contributed by atoms with Gasteiger partial charge in [0, 0.05) is 36.9 Å². The van der Waals surface area contributed by atoms with Crippen molar-refractivity contribution in [1.82, 2.24) is 0 Å². The van der Waals surface area contributed by atoms with E-state index in [-0.39, 0.29) is 10.6 Å². The molecular weight excluding hydrogens is 314 g/mol. The van der Waals surface area contributed by atoms with Gasteiger partial charge in [0.2, 0.25) is 0 Å². The molecule has 0 atom stereocenters. The number of benzene rings is 2. The second-order valence-corrected chi connectivity index (χ2v) is 6.68. The molecule has 1 aromatic heterocycles. The minimum atomic E-state index is -0.375. The van der Waals surface area contributed by atoms with Crippen LogP contribution in [0, 0.1) is 17.0 Å². The van der Waals surface area contributed by atoms with E-state index in [2.05, 4.69) is 19.1 Å². The Kier molecular flexibility index (Phi) is 5.57. The van der Waals surface area contributed by atoms with Crippen molar-refractivity contribution in [3.63, 3.8) is 0 Å². The van der Waals surface area contributed by atoms with E-state index < -0.39 is 0 Å². The SMILES string of the molecule is CC.Cc1sc2ccccc2c1Sc1ccc([N+](=O)[O-])cc1. The van der Waals surface area contributed by atoms with Crippen LogP contribution in [0.2, 0.25) is 0 Å². The van der Waals surface area contributed by atoms with Crippen LogP contribution < -0.4 is 0 Å². The topological polar surface area (TPSA) is 43.1 Å². The van der Waals surface area contributed by atoms with Gasteiger partial charge < -0.3 is 0 Å². The lowest BCUT2D eigenvalue weighted by Gasteiger charge is -2.02. The van der Waals surface area contributed by atoms with E-state index in [1.165, 1.54) is 19.9 Å². The fourth-order valence-corrected chi connectivity index (χ4v) is 4.24. The van der Waals surface area contributed by atoms with Crippen LogP contribution >= 0.6 is 23.1 Å². The van der Waals surface area contributed by atoms with E-state index in [4.69, 9.17) is 0 Å². The predicted octanol–water partition coefficient (Wildman–Crippen LogP) is 6.30. The van der Waals surface area contributed by atoms with Crippen molar-refractivity contribution in [3.8, 4) is 0 Å².